The van der Waals surface area contributed by atoms with Crippen LogP contribution in [0, 0.1) is 6.92 Å². The van der Waals surface area contributed by atoms with Crippen LogP contribution in [0.5, 0.6) is 5.75 Å². The predicted octanol–water partition coefficient (Wildman–Crippen LogP) is 4.51. The van der Waals surface area contributed by atoms with Gasteiger partial charge in [0.25, 0.3) is 0 Å². The topological polar surface area (TPSA) is 37.3 Å². The molecule has 17 heavy (non-hydrogen) atoms. The van der Waals surface area contributed by atoms with Gasteiger partial charge in [0.2, 0.25) is 0 Å². The fraction of sp³-hybridized carbons (Fsp3) is 0.500. The van der Waals surface area contributed by atoms with Gasteiger partial charge in [-0.05, 0) is 31.0 Å². The Balaban J connectivity index is 2.66. The smallest absolute Gasteiger partial charge is 0.166 e. The number of Topliss-reactive ketones (excluding diaryl/α,β-unsaturated/α-hetero) is 1. The number of hydrogen-bond acceptors (Lipinski definition) is 2. The fourth-order valence-electron chi connectivity index (χ4n) is 1.74. The predicted molar refractivity (Wildman–Crippen MR) is 70.9 cm³/mol. The summed E-state index contributed by atoms with van der Waals surface area (Å²) in [4.78, 5) is 11.9. The Bertz CT molecular complexity index is 399. The number of unbranched alkanes of at least 4 members (excludes halogenated alkanes) is 3. The van der Waals surface area contributed by atoms with Crippen molar-refractivity contribution in [2.45, 2.75) is 46.0 Å². The third-order valence-corrected chi connectivity index (χ3v) is 3.24. The molecule has 94 valence electrons. The molecule has 2 nitrogen and oxygen atoms in total. The van der Waals surface area contributed by atoms with E-state index in [1.54, 1.807) is 19.1 Å². The lowest BCUT2D eigenvalue weighted by atomic mass is 10.0. The highest BCUT2D eigenvalue weighted by Gasteiger charge is 2.12. The molecule has 0 saturated carbocycles. The van der Waals surface area contributed by atoms with E-state index in [1.165, 1.54) is 0 Å². The van der Waals surface area contributed by atoms with Crippen LogP contribution in [0.3, 0.4) is 0 Å². The number of carbonyl (C=O) groups is 1. The molecule has 0 amide bonds. The molecule has 1 aromatic carbocycles. The molecule has 1 aromatic rings. The number of carbonyl (C=O) groups excluding carboxylic acids is 1. The van der Waals surface area contributed by atoms with Crippen LogP contribution in [0.15, 0.2) is 12.1 Å². The Kier molecular flexibility index (Phi) is 5.49. The summed E-state index contributed by atoms with van der Waals surface area (Å²) < 4.78 is 0. The number of halogens is 1. The first-order valence-electron chi connectivity index (χ1n) is 6.08. The number of ketones is 1. The molecule has 0 bridgehead atoms. The average Bonchev–Trinajstić information content (AvgIpc) is 2.29. The zero-order chi connectivity index (χ0) is 12.8. The summed E-state index contributed by atoms with van der Waals surface area (Å²) in [7, 11) is 0. The van der Waals surface area contributed by atoms with E-state index >= 15 is 0 Å². The van der Waals surface area contributed by atoms with Crippen LogP contribution < -0.4 is 0 Å². The van der Waals surface area contributed by atoms with Crippen molar-refractivity contribution in [3.8, 4) is 5.75 Å². The van der Waals surface area contributed by atoms with E-state index in [4.69, 9.17) is 11.6 Å². The second-order valence-electron chi connectivity index (χ2n) is 4.35. The zero-order valence-electron chi connectivity index (χ0n) is 10.4. The van der Waals surface area contributed by atoms with Crippen LogP contribution in [0.4, 0.5) is 0 Å². The van der Waals surface area contributed by atoms with E-state index in [2.05, 4.69) is 6.92 Å². The highest BCUT2D eigenvalue weighted by molar-refractivity contribution is 6.31. The molecule has 1 N–H and O–H groups in total. The minimum Gasteiger partial charge on any atom is -0.507 e. The molecule has 0 aliphatic heterocycles. The van der Waals surface area contributed by atoms with Crippen molar-refractivity contribution in [3.63, 3.8) is 0 Å². The maximum atomic E-state index is 11.9. The number of hydrogen-bond donors (Lipinski definition) is 1. The highest BCUT2D eigenvalue weighted by Crippen LogP contribution is 2.27. The van der Waals surface area contributed by atoms with Gasteiger partial charge in [0.15, 0.2) is 5.78 Å². The zero-order valence-corrected chi connectivity index (χ0v) is 11.2. The maximum Gasteiger partial charge on any atom is 0.166 e. The van der Waals surface area contributed by atoms with Crippen LogP contribution in [-0.2, 0) is 0 Å². The van der Waals surface area contributed by atoms with Gasteiger partial charge >= 0.3 is 0 Å². The first-order valence-corrected chi connectivity index (χ1v) is 6.46. The summed E-state index contributed by atoms with van der Waals surface area (Å²) in [5.41, 5.74) is 1.13. The molecule has 0 unspecified atom stereocenters. The van der Waals surface area contributed by atoms with Crippen LogP contribution in [0.1, 0.15) is 54.9 Å². The second-order valence-corrected chi connectivity index (χ2v) is 4.76. The summed E-state index contributed by atoms with van der Waals surface area (Å²) in [5, 5.41) is 10.2. The molecule has 0 fully saturated rings. The van der Waals surface area contributed by atoms with Crippen molar-refractivity contribution >= 4 is 17.4 Å². The van der Waals surface area contributed by atoms with Crippen LogP contribution >= 0.6 is 11.6 Å². The standard InChI is InChI=1S/C14H19ClO2/c1-3-4-5-6-7-13(16)11-9-12(15)10(2)8-14(11)17/h8-9,17H,3-7H2,1-2H3. The summed E-state index contributed by atoms with van der Waals surface area (Å²) in [6, 6.07) is 3.11. The van der Waals surface area contributed by atoms with E-state index in [0.29, 0.717) is 17.0 Å². The first-order chi connectivity index (χ1) is 8.06. The summed E-state index contributed by atoms with van der Waals surface area (Å²) >= 11 is 5.95. The Morgan fingerprint density at radius 1 is 1.29 bits per heavy atom. The normalized spacial score (nSPS) is 10.5. The Morgan fingerprint density at radius 3 is 2.65 bits per heavy atom. The lowest BCUT2D eigenvalue weighted by Gasteiger charge is -2.06. The van der Waals surface area contributed by atoms with E-state index in [-0.39, 0.29) is 11.5 Å². The summed E-state index contributed by atoms with van der Waals surface area (Å²) in [6.45, 7) is 3.94. The molecular weight excluding hydrogens is 236 g/mol. The molecule has 0 atom stereocenters. The van der Waals surface area contributed by atoms with Crippen LogP contribution in [0.2, 0.25) is 5.02 Å². The third-order valence-electron chi connectivity index (χ3n) is 2.83. The molecule has 3 heteroatoms. The van der Waals surface area contributed by atoms with Gasteiger partial charge in [0.05, 0.1) is 5.56 Å². The van der Waals surface area contributed by atoms with Gasteiger partial charge < -0.3 is 5.11 Å². The molecule has 0 aromatic heterocycles. The summed E-state index contributed by atoms with van der Waals surface area (Å²) in [5.74, 6) is 0.00731. The van der Waals surface area contributed by atoms with Gasteiger partial charge in [-0.25, -0.2) is 0 Å². The Hall–Kier alpha value is -1.02. The van der Waals surface area contributed by atoms with Gasteiger partial charge in [0.1, 0.15) is 5.75 Å². The molecule has 0 aliphatic carbocycles. The first kappa shape index (κ1) is 14.0. The van der Waals surface area contributed by atoms with Crippen molar-refractivity contribution < 1.29 is 9.90 Å². The molecular formula is C14H19ClO2. The van der Waals surface area contributed by atoms with Crippen LogP contribution in [-0.4, -0.2) is 10.9 Å². The summed E-state index contributed by atoms with van der Waals surface area (Å²) in [6.07, 6.45) is 4.71. The quantitative estimate of drug-likeness (QED) is 0.599. The van der Waals surface area contributed by atoms with Gasteiger partial charge in [-0.3, -0.25) is 4.79 Å². The Labute approximate surface area is 108 Å². The largest absolute Gasteiger partial charge is 0.507 e. The minimum atomic E-state index is -0.0273. The molecule has 0 radical (unpaired) electrons. The number of aryl methyl sites for hydroxylation is 1. The molecule has 0 heterocycles. The van der Waals surface area contributed by atoms with Crippen molar-refractivity contribution in [2.75, 3.05) is 0 Å². The number of benzene rings is 1. The molecule has 0 saturated heterocycles. The van der Waals surface area contributed by atoms with E-state index in [9.17, 15) is 9.90 Å². The van der Waals surface area contributed by atoms with Crippen molar-refractivity contribution in [3.05, 3.63) is 28.3 Å². The minimum absolute atomic E-state index is 0.0273. The van der Waals surface area contributed by atoms with Gasteiger partial charge in [0, 0.05) is 11.4 Å². The van der Waals surface area contributed by atoms with Gasteiger partial charge in [-0.1, -0.05) is 37.8 Å². The van der Waals surface area contributed by atoms with Gasteiger partial charge in [-0.15, -0.1) is 0 Å². The van der Waals surface area contributed by atoms with Crippen molar-refractivity contribution in [1.82, 2.24) is 0 Å². The Morgan fingerprint density at radius 2 is 2.00 bits per heavy atom. The maximum absolute atomic E-state index is 11.9. The van der Waals surface area contributed by atoms with Crippen molar-refractivity contribution in [1.29, 1.82) is 0 Å². The third kappa shape index (κ3) is 4.04. The lowest BCUT2D eigenvalue weighted by molar-refractivity contribution is 0.0976. The average molecular weight is 255 g/mol. The lowest BCUT2D eigenvalue weighted by Crippen LogP contribution is -2.00. The van der Waals surface area contributed by atoms with Gasteiger partial charge in [-0.2, -0.15) is 0 Å². The van der Waals surface area contributed by atoms with Crippen molar-refractivity contribution in [2.24, 2.45) is 0 Å². The SMILES string of the molecule is CCCCCCC(=O)c1cc(Cl)c(C)cc1O. The monoisotopic (exact) mass is 254 g/mol. The van der Waals surface area contributed by atoms with E-state index < -0.39 is 0 Å². The number of phenols is 1. The number of phenolic OH excluding ortho intramolecular Hbond substituents is 1. The highest BCUT2D eigenvalue weighted by atomic mass is 35.5. The number of aromatic hydroxyl groups is 1. The fourth-order valence-corrected chi connectivity index (χ4v) is 1.90. The molecule has 1 rings (SSSR count). The van der Waals surface area contributed by atoms with E-state index in [0.717, 1.165) is 31.2 Å². The second kappa shape index (κ2) is 6.65. The van der Waals surface area contributed by atoms with Crippen LogP contribution in [0.25, 0.3) is 0 Å². The number of rotatable bonds is 6. The molecule has 0 aliphatic rings. The van der Waals surface area contributed by atoms with E-state index in [1.807, 2.05) is 0 Å². The molecule has 0 spiro atoms.